The van der Waals surface area contributed by atoms with Gasteiger partial charge >= 0.3 is 0 Å². The number of rotatable bonds is 5. The summed E-state index contributed by atoms with van der Waals surface area (Å²) < 4.78 is 0. The van der Waals surface area contributed by atoms with Gasteiger partial charge in [-0.15, -0.1) is 0 Å². The normalized spacial score (nSPS) is 20.5. The zero-order valence-electron chi connectivity index (χ0n) is 12.8. The Kier molecular flexibility index (Phi) is 4.80. The Bertz CT molecular complexity index is 519. The molecule has 2 rings (SSSR count). The Morgan fingerprint density at radius 1 is 1.57 bits per heavy atom. The minimum Gasteiger partial charge on any atom is -0.389 e. The van der Waals surface area contributed by atoms with E-state index >= 15 is 0 Å². The van der Waals surface area contributed by atoms with E-state index in [1.165, 1.54) is 12.5 Å². The van der Waals surface area contributed by atoms with Crippen LogP contribution in [-0.4, -0.2) is 48.2 Å². The third kappa shape index (κ3) is 3.51. The number of anilines is 1. The van der Waals surface area contributed by atoms with E-state index in [-0.39, 0.29) is 10.6 Å². The number of nitro groups is 1. The van der Waals surface area contributed by atoms with Gasteiger partial charge in [-0.3, -0.25) is 10.1 Å². The van der Waals surface area contributed by atoms with Crippen LogP contribution in [0.15, 0.2) is 18.2 Å². The highest BCUT2D eigenvalue weighted by Gasteiger charge is 2.25. The maximum Gasteiger partial charge on any atom is 0.292 e. The molecule has 116 valence electrons. The average molecular weight is 293 g/mol. The highest BCUT2D eigenvalue weighted by Crippen LogP contribution is 2.31. The van der Waals surface area contributed by atoms with Gasteiger partial charge in [0.05, 0.1) is 11.0 Å². The molecule has 0 bridgehead atoms. The number of hydrogen-bond acceptors (Lipinski definition) is 5. The van der Waals surface area contributed by atoms with Crippen molar-refractivity contribution in [2.45, 2.75) is 31.9 Å². The summed E-state index contributed by atoms with van der Waals surface area (Å²) in [5, 5.41) is 20.9. The molecule has 21 heavy (non-hydrogen) atoms. The van der Waals surface area contributed by atoms with E-state index in [1.54, 1.807) is 19.1 Å². The van der Waals surface area contributed by atoms with Crippen LogP contribution >= 0.6 is 0 Å². The van der Waals surface area contributed by atoms with Crippen LogP contribution in [0.1, 0.15) is 31.4 Å². The van der Waals surface area contributed by atoms with Crippen molar-refractivity contribution in [2.75, 3.05) is 32.1 Å². The summed E-state index contributed by atoms with van der Waals surface area (Å²) >= 11 is 0. The van der Waals surface area contributed by atoms with E-state index < -0.39 is 6.10 Å². The second-order valence-electron chi connectivity index (χ2n) is 5.84. The van der Waals surface area contributed by atoms with Crippen molar-refractivity contribution in [3.05, 3.63) is 33.9 Å². The number of likely N-dealkylation sites (N-methyl/N-ethyl adjacent to an activating group) is 2. The van der Waals surface area contributed by atoms with E-state index in [0.717, 1.165) is 19.5 Å². The topological polar surface area (TPSA) is 69.8 Å². The molecule has 2 unspecified atom stereocenters. The molecule has 6 heteroatoms. The van der Waals surface area contributed by atoms with Gasteiger partial charge in [0, 0.05) is 25.7 Å². The molecule has 0 spiro atoms. The lowest BCUT2D eigenvalue weighted by atomic mass is 10.1. The van der Waals surface area contributed by atoms with Crippen LogP contribution in [0, 0.1) is 10.1 Å². The predicted octanol–water partition coefficient (Wildman–Crippen LogP) is 2.18. The first-order chi connectivity index (χ1) is 9.90. The Balaban J connectivity index is 2.23. The molecular weight excluding hydrogens is 270 g/mol. The molecule has 0 aliphatic carbocycles. The van der Waals surface area contributed by atoms with E-state index in [0.29, 0.717) is 17.3 Å². The van der Waals surface area contributed by atoms with Crippen molar-refractivity contribution in [3.63, 3.8) is 0 Å². The molecule has 1 fully saturated rings. The SMILES string of the molecule is CC(O)c1ccc(N(C)CC2CCCN2C)c([N+](=O)[O-])c1. The standard InChI is InChI=1S/C15H23N3O3/c1-11(19)12-6-7-14(15(9-12)18(20)21)17(3)10-13-5-4-8-16(13)2/h6-7,9,11,13,19H,4-5,8,10H2,1-3H3. The Morgan fingerprint density at radius 2 is 2.29 bits per heavy atom. The van der Waals surface area contributed by atoms with Crippen molar-refractivity contribution in [1.29, 1.82) is 0 Å². The Labute approximate surface area is 125 Å². The van der Waals surface area contributed by atoms with Gasteiger partial charge in [0.1, 0.15) is 5.69 Å². The van der Waals surface area contributed by atoms with E-state index in [9.17, 15) is 15.2 Å². The quantitative estimate of drug-likeness (QED) is 0.665. The number of aliphatic hydroxyl groups is 1. The van der Waals surface area contributed by atoms with Crippen LogP contribution in [0.2, 0.25) is 0 Å². The number of nitrogens with zero attached hydrogens (tertiary/aromatic N) is 3. The maximum atomic E-state index is 11.3. The first-order valence-corrected chi connectivity index (χ1v) is 7.28. The molecular formula is C15H23N3O3. The monoisotopic (exact) mass is 293 g/mol. The minimum absolute atomic E-state index is 0.0524. The van der Waals surface area contributed by atoms with Gasteiger partial charge < -0.3 is 14.9 Å². The Morgan fingerprint density at radius 3 is 2.81 bits per heavy atom. The molecule has 2 atom stereocenters. The first kappa shape index (κ1) is 15.7. The largest absolute Gasteiger partial charge is 0.389 e. The molecule has 1 saturated heterocycles. The number of likely N-dealkylation sites (tertiary alicyclic amines) is 1. The third-order valence-corrected chi connectivity index (χ3v) is 4.25. The molecule has 1 aliphatic heterocycles. The number of hydrogen-bond donors (Lipinski definition) is 1. The lowest BCUT2D eigenvalue weighted by Gasteiger charge is -2.27. The highest BCUT2D eigenvalue weighted by atomic mass is 16.6. The van der Waals surface area contributed by atoms with Crippen LogP contribution in [0.25, 0.3) is 0 Å². The van der Waals surface area contributed by atoms with E-state index in [2.05, 4.69) is 11.9 Å². The van der Waals surface area contributed by atoms with Crippen LogP contribution in [0.5, 0.6) is 0 Å². The molecule has 1 aromatic rings. The molecule has 6 nitrogen and oxygen atoms in total. The average Bonchev–Trinajstić information content (AvgIpc) is 2.83. The molecule has 0 radical (unpaired) electrons. The van der Waals surface area contributed by atoms with Crippen molar-refractivity contribution >= 4 is 11.4 Å². The molecule has 1 N–H and O–H groups in total. The van der Waals surface area contributed by atoms with Crippen molar-refractivity contribution in [2.24, 2.45) is 0 Å². The van der Waals surface area contributed by atoms with Gasteiger partial charge in [0.2, 0.25) is 0 Å². The van der Waals surface area contributed by atoms with Gasteiger partial charge in [-0.05, 0) is 45.0 Å². The van der Waals surface area contributed by atoms with Gasteiger partial charge in [-0.2, -0.15) is 0 Å². The lowest BCUT2D eigenvalue weighted by molar-refractivity contribution is -0.384. The molecule has 0 amide bonds. The first-order valence-electron chi connectivity index (χ1n) is 7.28. The fourth-order valence-corrected chi connectivity index (χ4v) is 2.89. The summed E-state index contributed by atoms with van der Waals surface area (Å²) in [6, 6.07) is 5.39. The zero-order chi connectivity index (χ0) is 15.6. The summed E-state index contributed by atoms with van der Waals surface area (Å²) in [5.74, 6) is 0. The summed E-state index contributed by atoms with van der Waals surface area (Å²) in [4.78, 5) is 15.1. The fraction of sp³-hybridized carbons (Fsp3) is 0.600. The third-order valence-electron chi connectivity index (χ3n) is 4.25. The smallest absolute Gasteiger partial charge is 0.292 e. The molecule has 1 aromatic carbocycles. The van der Waals surface area contributed by atoms with Crippen molar-refractivity contribution in [3.8, 4) is 0 Å². The zero-order valence-corrected chi connectivity index (χ0v) is 12.8. The molecule has 1 heterocycles. The van der Waals surface area contributed by atoms with Crippen LogP contribution in [0.4, 0.5) is 11.4 Å². The molecule has 1 aliphatic rings. The van der Waals surface area contributed by atoms with Crippen molar-refractivity contribution < 1.29 is 10.0 Å². The van der Waals surface area contributed by atoms with Crippen LogP contribution in [-0.2, 0) is 0 Å². The van der Waals surface area contributed by atoms with E-state index in [1.807, 2.05) is 11.9 Å². The summed E-state index contributed by atoms with van der Waals surface area (Å²) in [7, 11) is 3.98. The van der Waals surface area contributed by atoms with Crippen LogP contribution in [0.3, 0.4) is 0 Å². The van der Waals surface area contributed by atoms with Crippen molar-refractivity contribution in [1.82, 2.24) is 4.90 Å². The molecule has 0 saturated carbocycles. The van der Waals surface area contributed by atoms with Crippen LogP contribution < -0.4 is 4.90 Å². The summed E-state index contributed by atoms with van der Waals surface area (Å²) in [6.45, 7) is 3.46. The minimum atomic E-state index is -0.705. The second-order valence-corrected chi connectivity index (χ2v) is 5.84. The van der Waals surface area contributed by atoms with Gasteiger partial charge in [0.15, 0.2) is 0 Å². The highest BCUT2D eigenvalue weighted by molar-refractivity contribution is 5.64. The fourth-order valence-electron chi connectivity index (χ4n) is 2.89. The van der Waals surface area contributed by atoms with Gasteiger partial charge in [-0.25, -0.2) is 0 Å². The summed E-state index contributed by atoms with van der Waals surface area (Å²) in [6.07, 6.45) is 1.60. The van der Waals surface area contributed by atoms with E-state index in [4.69, 9.17) is 0 Å². The number of aliphatic hydroxyl groups excluding tert-OH is 1. The molecule has 0 aromatic heterocycles. The number of nitro benzene ring substituents is 1. The maximum absolute atomic E-state index is 11.3. The predicted molar refractivity (Wildman–Crippen MR) is 82.7 cm³/mol. The number of benzene rings is 1. The summed E-state index contributed by atoms with van der Waals surface area (Å²) in [5.41, 5.74) is 1.22. The lowest BCUT2D eigenvalue weighted by Crippen LogP contribution is -2.36. The van der Waals surface area contributed by atoms with Gasteiger partial charge in [0.25, 0.3) is 5.69 Å². The Hall–Kier alpha value is -1.66. The van der Waals surface area contributed by atoms with Gasteiger partial charge in [-0.1, -0.05) is 6.07 Å². The second kappa shape index (κ2) is 6.41.